The molecule has 0 bridgehead atoms. The number of hydrogen-bond donors (Lipinski definition) is 1. The summed E-state index contributed by atoms with van der Waals surface area (Å²) in [6.45, 7) is 3.92. The van der Waals surface area contributed by atoms with Gasteiger partial charge in [0.2, 0.25) is 5.91 Å². The van der Waals surface area contributed by atoms with Crippen LogP contribution < -0.4 is 11.0 Å². The van der Waals surface area contributed by atoms with Crippen molar-refractivity contribution in [3.8, 4) is 0 Å². The second-order valence-electron chi connectivity index (χ2n) is 7.22. The number of amides is 1. The predicted molar refractivity (Wildman–Crippen MR) is 92.9 cm³/mol. The van der Waals surface area contributed by atoms with E-state index in [1.807, 2.05) is 29.2 Å². The van der Waals surface area contributed by atoms with E-state index in [0.29, 0.717) is 5.41 Å². The molecule has 2 aliphatic heterocycles. The van der Waals surface area contributed by atoms with Crippen molar-refractivity contribution in [1.82, 2.24) is 19.4 Å². The summed E-state index contributed by atoms with van der Waals surface area (Å²) >= 11 is 0. The lowest BCUT2D eigenvalue weighted by molar-refractivity contribution is -0.134. The van der Waals surface area contributed by atoms with Crippen LogP contribution in [0.5, 0.6) is 0 Å². The lowest BCUT2D eigenvalue weighted by Gasteiger charge is -2.38. The predicted octanol–water partition coefficient (Wildman–Crippen LogP) is 0.942. The number of hydrogen-bond acceptors (Lipinski definition) is 3. The van der Waals surface area contributed by atoms with Gasteiger partial charge in [-0.05, 0) is 43.4 Å². The molecule has 2 fully saturated rings. The van der Waals surface area contributed by atoms with Crippen molar-refractivity contribution in [3.63, 3.8) is 0 Å². The molecule has 24 heavy (non-hydrogen) atoms. The first-order valence-electron chi connectivity index (χ1n) is 8.72. The normalized spacial score (nSPS) is 20.1. The largest absolute Gasteiger partial charge is 0.341 e. The van der Waals surface area contributed by atoms with Gasteiger partial charge in [0, 0.05) is 26.7 Å². The van der Waals surface area contributed by atoms with Crippen LogP contribution in [0.3, 0.4) is 0 Å². The Morgan fingerprint density at radius 3 is 2.54 bits per heavy atom. The number of carbonyl (C=O) groups is 1. The maximum atomic E-state index is 12.7. The van der Waals surface area contributed by atoms with Crippen LogP contribution in [0.1, 0.15) is 19.3 Å². The number of nitrogens with zero attached hydrogens (tertiary/aromatic N) is 3. The van der Waals surface area contributed by atoms with Crippen LogP contribution in [0.25, 0.3) is 11.0 Å². The lowest BCUT2D eigenvalue weighted by atomic mass is 9.78. The molecule has 1 spiro atoms. The number of aryl methyl sites for hydroxylation is 1. The Bertz CT molecular complexity index is 819. The Balaban J connectivity index is 1.51. The molecule has 1 N–H and O–H groups in total. The van der Waals surface area contributed by atoms with Gasteiger partial charge in [-0.2, -0.15) is 0 Å². The minimum atomic E-state index is -0.127. The highest BCUT2D eigenvalue weighted by molar-refractivity contribution is 5.81. The van der Waals surface area contributed by atoms with Gasteiger partial charge < -0.3 is 10.2 Å². The molecule has 0 radical (unpaired) electrons. The first-order chi connectivity index (χ1) is 11.6. The summed E-state index contributed by atoms with van der Waals surface area (Å²) in [7, 11) is 1.75. The van der Waals surface area contributed by atoms with Crippen LogP contribution in [0, 0.1) is 5.41 Å². The molecule has 2 saturated heterocycles. The van der Waals surface area contributed by atoms with Crippen LogP contribution >= 0.6 is 0 Å². The molecular formula is C18H24N4O2. The van der Waals surface area contributed by atoms with Crippen molar-refractivity contribution < 1.29 is 4.79 Å². The summed E-state index contributed by atoms with van der Waals surface area (Å²) in [5.74, 6) is 0.0502. The molecule has 1 aromatic heterocycles. The first-order valence-corrected chi connectivity index (χ1v) is 8.72. The standard InChI is InChI=1S/C18H24N4O2/c1-20-14-4-2-3-5-15(14)22(17(20)24)12-16(23)21-10-7-18(8-11-21)6-9-19-13-18/h2-5,19H,6-13H2,1H3. The van der Waals surface area contributed by atoms with E-state index in [4.69, 9.17) is 0 Å². The molecule has 1 amide bonds. The molecule has 3 heterocycles. The number of piperidine rings is 1. The number of aromatic nitrogens is 2. The molecule has 6 nitrogen and oxygen atoms in total. The molecule has 6 heteroatoms. The van der Waals surface area contributed by atoms with Gasteiger partial charge in [-0.15, -0.1) is 0 Å². The molecule has 0 saturated carbocycles. The fourth-order valence-electron chi connectivity index (χ4n) is 4.20. The summed E-state index contributed by atoms with van der Waals surface area (Å²) in [6, 6.07) is 7.63. The van der Waals surface area contributed by atoms with Crippen LogP contribution in [-0.4, -0.2) is 46.1 Å². The van der Waals surface area contributed by atoms with Crippen LogP contribution in [-0.2, 0) is 18.4 Å². The lowest BCUT2D eigenvalue weighted by Crippen LogP contribution is -2.45. The minimum Gasteiger partial charge on any atom is -0.341 e. The van der Waals surface area contributed by atoms with E-state index in [0.717, 1.165) is 50.1 Å². The van der Waals surface area contributed by atoms with E-state index < -0.39 is 0 Å². The summed E-state index contributed by atoms with van der Waals surface area (Å²) in [5.41, 5.74) is 1.96. The average Bonchev–Trinajstić information content (AvgIpc) is 3.15. The number of benzene rings is 1. The monoisotopic (exact) mass is 328 g/mol. The van der Waals surface area contributed by atoms with Crippen molar-refractivity contribution in [2.45, 2.75) is 25.8 Å². The average molecular weight is 328 g/mol. The Kier molecular flexibility index (Phi) is 3.72. The van der Waals surface area contributed by atoms with E-state index in [9.17, 15) is 9.59 Å². The number of likely N-dealkylation sites (tertiary alicyclic amines) is 1. The zero-order valence-corrected chi connectivity index (χ0v) is 14.1. The summed E-state index contributed by atoms with van der Waals surface area (Å²) in [6.07, 6.45) is 3.35. The summed E-state index contributed by atoms with van der Waals surface area (Å²) < 4.78 is 3.21. The molecular weight excluding hydrogens is 304 g/mol. The van der Waals surface area contributed by atoms with Crippen molar-refractivity contribution >= 4 is 16.9 Å². The molecule has 0 aliphatic carbocycles. The number of imidazole rings is 1. The maximum absolute atomic E-state index is 12.7. The fraction of sp³-hybridized carbons (Fsp3) is 0.556. The third-order valence-electron chi connectivity index (χ3n) is 5.85. The van der Waals surface area contributed by atoms with E-state index in [-0.39, 0.29) is 18.1 Å². The van der Waals surface area contributed by atoms with Crippen LogP contribution in [0.15, 0.2) is 29.1 Å². The van der Waals surface area contributed by atoms with Crippen LogP contribution in [0.2, 0.25) is 0 Å². The van der Waals surface area contributed by atoms with Crippen molar-refractivity contribution in [2.24, 2.45) is 12.5 Å². The molecule has 0 atom stereocenters. The van der Waals surface area contributed by atoms with Crippen molar-refractivity contribution in [2.75, 3.05) is 26.2 Å². The third-order valence-corrected chi connectivity index (χ3v) is 5.85. The van der Waals surface area contributed by atoms with Gasteiger partial charge >= 0.3 is 5.69 Å². The van der Waals surface area contributed by atoms with E-state index >= 15 is 0 Å². The number of para-hydroxylation sites is 2. The van der Waals surface area contributed by atoms with E-state index in [2.05, 4.69) is 5.32 Å². The zero-order chi connectivity index (χ0) is 16.7. The quantitative estimate of drug-likeness (QED) is 0.893. The Labute approximate surface area is 141 Å². The van der Waals surface area contributed by atoms with Gasteiger partial charge in [-0.3, -0.25) is 13.9 Å². The Hall–Kier alpha value is -2.08. The molecule has 4 rings (SSSR count). The molecule has 128 valence electrons. The van der Waals surface area contributed by atoms with Crippen molar-refractivity contribution in [3.05, 3.63) is 34.7 Å². The molecule has 0 unspecified atom stereocenters. The molecule has 1 aromatic carbocycles. The smallest absolute Gasteiger partial charge is 0.329 e. The number of carbonyl (C=O) groups excluding carboxylic acids is 1. The maximum Gasteiger partial charge on any atom is 0.329 e. The number of nitrogens with one attached hydrogen (secondary N) is 1. The summed E-state index contributed by atoms with van der Waals surface area (Å²) in [5, 5.41) is 3.45. The van der Waals surface area contributed by atoms with Crippen molar-refractivity contribution in [1.29, 1.82) is 0 Å². The highest BCUT2D eigenvalue weighted by Crippen LogP contribution is 2.36. The molecule has 2 aromatic rings. The van der Waals surface area contributed by atoms with Gasteiger partial charge in [-0.25, -0.2) is 4.79 Å². The van der Waals surface area contributed by atoms with Gasteiger partial charge in [0.25, 0.3) is 0 Å². The second-order valence-corrected chi connectivity index (χ2v) is 7.22. The second kappa shape index (κ2) is 5.77. The van der Waals surface area contributed by atoms with Gasteiger partial charge in [0.05, 0.1) is 11.0 Å². The number of rotatable bonds is 2. The Morgan fingerprint density at radius 1 is 1.17 bits per heavy atom. The highest BCUT2D eigenvalue weighted by atomic mass is 16.2. The Morgan fingerprint density at radius 2 is 1.88 bits per heavy atom. The highest BCUT2D eigenvalue weighted by Gasteiger charge is 2.38. The van der Waals surface area contributed by atoms with E-state index in [1.165, 1.54) is 6.42 Å². The van der Waals surface area contributed by atoms with Gasteiger partial charge in [0.15, 0.2) is 0 Å². The zero-order valence-electron chi connectivity index (χ0n) is 14.1. The minimum absolute atomic E-state index is 0.0502. The van der Waals surface area contributed by atoms with Gasteiger partial charge in [0.1, 0.15) is 6.54 Å². The van der Waals surface area contributed by atoms with Crippen LogP contribution in [0.4, 0.5) is 0 Å². The first kappa shape index (κ1) is 15.4. The third kappa shape index (κ3) is 2.45. The van der Waals surface area contributed by atoms with Gasteiger partial charge in [-0.1, -0.05) is 12.1 Å². The number of fused-ring (bicyclic) bond motifs is 1. The van der Waals surface area contributed by atoms with E-state index in [1.54, 1.807) is 16.2 Å². The summed E-state index contributed by atoms with van der Waals surface area (Å²) in [4.78, 5) is 27.1. The molecule has 2 aliphatic rings. The SMILES string of the molecule is Cn1c(=O)n(CC(=O)N2CCC3(CCNC3)CC2)c2ccccc21. The fourth-order valence-corrected chi connectivity index (χ4v) is 4.20. The topological polar surface area (TPSA) is 59.3 Å².